The lowest BCUT2D eigenvalue weighted by molar-refractivity contribution is -0.141. The van der Waals surface area contributed by atoms with Gasteiger partial charge in [-0.25, -0.2) is 4.98 Å². The van der Waals surface area contributed by atoms with Crippen molar-refractivity contribution < 1.29 is 22.7 Å². The number of halogens is 3. The van der Waals surface area contributed by atoms with Crippen LogP contribution in [0.25, 0.3) is 10.9 Å². The smallest absolute Gasteiger partial charge is 0.433 e. The molecule has 2 aliphatic rings. The van der Waals surface area contributed by atoms with Crippen molar-refractivity contribution in [1.29, 1.82) is 0 Å². The maximum atomic E-state index is 13.3. The molecule has 1 amide bonds. The molecular formula is C22H24F3N3O2. The number of hydrogen-bond acceptors (Lipinski definition) is 4. The van der Waals surface area contributed by atoms with Crippen LogP contribution in [0.4, 0.5) is 18.9 Å². The molecule has 30 heavy (non-hydrogen) atoms. The van der Waals surface area contributed by atoms with Crippen molar-refractivity contribution in [2.45, 2.75) is 50.9 Å². The van der Waals surface area contributed by atoms with E-state index in [1.807, 2.05) is 6.92 Å². The molecule has 3 atom stereocenters. The number of hydrogen-bond donors (Lipinski definition) is 2. The fraction of sp³-hybridized carbons (Fsp3) is 0.455. The predicted octanol–water partition coefficient (Wildman–Crippen LogP) is 4.64. The molecule has 1 aliphatic heterocycles. The second-order valence-electron chi connectivity index (χ2n) is 8.28. The third kappa shape index (κ3) is 4.22. The Balaban J connectivity index is 1.51. The summed E-state index contributed by atoms with van der Waals surface area (Å²) in [6.45, 7) is 2.14. The molecule has 1 aromatic carbocycles. The summed E-state index contributed by atoms with van der Waals surface area (Å²) in [5, 5.41) is 7.03. The van der Waals surface area contributed by atoms with Crippen LogP contribution in [-0.4, -0.2) is 29.6 Å². The van der Waals surface area contributed by atoms with Crippen molar-refractivity contribution in [2.75, 3.05) is 11.9 Å². The first kappa shape index (κ1) is 20.5. The molecule has 1 unspecified atom stereocenters. The highest BCUT2D eigenvalue weighted by Crippen LogP contribution is 2.34. The predicted molar refractivity (Wildman–Crippen MR) is 108 cm³/mol. The number of carbonyl (C=O) groups is 1. The summed E-state index contributed by atoms with van der Waals surface area (Å²) in [7, 11) is 0. The molecule has 1 aliphatic carbocycles. The van der Waals surface area contributed by atoms with Crippen molar-refractivity contribution in [3.63, 3.8) is 0 Å². The second kappa shape index (κ2) is 7.81. The molecule has 2 N–H and O–H groups in total. The summed E-state index contributed by atoms with van der Waals surface area (Å²) < 4.78 is 45.1. The zero-order chi connectivity index (χ0) is 21.4. The van der Waals surface area contributed by atoms with Crippen molar-refractivity contribution in [3.05, 3.63) is 48.4 Å². The molecule has 1 aromatic heterocycles. The van der Waals surface area contributed by atoms with Gasteiger partial charge in [0, 0.05) is 23.2 Å². The van der Waals surface area contributed by atoms with Crippen molar-refractivity contribution in [1.82, 2.24) is 10.3 Å². The minimum Gasteiger partial charge on any atom is -0.500 e. The summed E-state index contributed by atoms with van der Waals surface area (Å²) in [5.74, 6) is -0.0874. The highest BCUT2D eigenvalue weighted by atomic mass is 19.4. The summed E-state index contributed by atoms with van der Waals surface area (Å²) in [6, 6.07) is 7.80. The molecule has 0 radical (unpaired) electrons. The second-order valence-corrected chi connectivity index (χ2v) is 8.28. The van der Waals surface area contributed by atoms with Gasteiger partial charge in [0.05, 0.1) is 11.8 Å². The van der Waals surface area contributed by atoms with Crippen LogP contribution in [-0.2, 0) is 15.7 Å². The van der Waals surface area contributed by atoms with Gasteiger partial charge in [-0.05, 0) is 50.8 Å². The van der Waals surface area contributed by atoms with E-state index in [0.717, 1.165) is 25.3 Å². The first-order chi connectivity index (χ1) is 14.2. The Morgan fingerprint density at radius 3 is 2.73 bits per heavy atom. The number of benzene rings is 1. The zero-order valence-electron chi connectivity index (χ0n) is 16.6. The van der Waals surface area contributed by atoms with Gasteiger partial charge in [-0.15, -0.1) is 0 Å². The van der Waals surface area contributed by atoms with Gasteiger partial charge in [0.2, 0.25) is 5.91 Å². The lowest BCUT2D eigenvalue weighted by atomic mass is 9.87. The van der Waals surface area contributed by atoms with E-state index < -0.39 is 17.3 Å². The van der Waals surface area contributed by atoms with E-state index >= 15 is 0 Å². The number of amides is 1. The SMILES string of the molecule is CC1(C(=O)N[C@@H]2CCC[C@H](Nc3cc(C(F)(F)F)nc4ccccc34)C2)C=COC1. The van der Waals surface area contributed by atoms with Gasteiger partial charge in [-0.3, -0.25) is 4.79 Å². The van der Waals surface area contributed by atoms with Crippen LogP contribution in [0.5, 0.6) is 0 Å². The van der Waals surface area contributed by atoms with Gasteiger partial charge in [0.25, 0.3) is 0 Å². The van der Waals surface area contributed by atoms with Crippen LogP contribution in [0, 0.1) is 5.41 Å². The molecule has 0 spiro atoms. The third-order valence-electron chi connectivity index (χ3n) is 5.81. The number of ether oxygens (including phenoxy) is 1. The van der Waals surface area contributed by atoms with Crippen molar-refractivity contribution in [3.8, 4) is 0 Å². The normalized spacial score (nSPS) is 26.4. The Morgan fingerprint density at radius 2 is 2.00 bits per heavy atom. The highest BCUT2D eigenvalue weighted by Gasteiger charge is 2.37. The van der Waals surface area contributed by atoms with Crippen LogP contribution in [0.3, 0.4) is 0 Å². The van der Waals surface area contributed by atoms with Crippen LogP contribution >= 0.6 is 0 Å². The largest absolute Gasteiger partial charge is 0.500 e. The number of alkyl halides is 3. The molecule has 5 nitrogen and oxygen atoms in total. The van der Waals surface area contributed by atoms with E-state index in [9.17, 15) is 18.0 Å². The highest BCUT2D eigenvalue weighted by molar-refractivity contribution is 5.91. The van der Waals surface area contributed by atoms with E-state index in [4.69, 9.17) is 4.74 Å². The Morgan fingerprint density at radius 1 is 1.23 bits per heavy atom. The van der Waals surface area contributed by atoms with E-state index in [2.05, 4.69) is 15.6 Å². The van der Waals surface area contributed by atoms with E-state index in [0.29, 0.717) is 29.6 Å². The number of fused-ring (bicyclic) bond motifs is 1. The number of rotatable bonds is 4. The molecule has 2 heterocycles. The van der Waals surface area contributed by atoms with Crippen LogP contribution in [0.1, 0.15) is 38.3 Å². The molecular weight excluding hydrogens is 395 g/mol. The lowest BCUT2D eigenvalue weighted by Crippen LogP contribution is -2.47. The van der Waals surface area contributed by atoms with Gasteiger partial charge in [-0.1, -0.05) is 18.2 Å². The molecule has 1 fully saturated rings. The molecule has 8 heteroatoms. The number of anilines is 1. The Kier molecular flexibility index (Phi) is 5.34. The van der Waals surface area contributed by atoms with E-state index in [-0.39, 0.29) is 18.0 Å². The number of aromatic nitrogens is 1. The van der Waals surface area contributed by atoms with E-state index in [1.165, 1.54) is 6.26 Å². The van der Waals surface area contributed by atoms with Gasteiger partial charge in [0.15, 0.2) is 0 Å². The standard InChI is InChI=1S/C22H24F3N3O2/c1-21(9-10-30-13-21)20(29)27-15-6-4-5-14(11-15)26-18-12-19(22(23,24)25)28-17-8-3-2-7-16(17)18/h2-3,7-10,12,14-15H,4-6,11,13H2,1H3,(H,26,28)(H,27,29)/t14-,15+,21?/m0/s1. The minimum absolute atomic E-state index is 0.0373. The topological polar surface area (TPSA) is 63.2 Å². The number of para-hydroxylation sites is 1. The van der Waals surface area contributed by atoms with Gasteiger partial charge < -0.3 is 15.4 Å². The number of nitrogens with one attached hydrogen (secondary N) is 2. The first-order valence-corrected chi connectivity index (χ1v) is 10.1. The number of carbonyl (C=O) groups excluding carboxylic acids is 1. The maximum Gasteiger partial charge on any atom is 0.433 e. The summed E-state index contributed by atoms with van der Waals surface area (Å²) in [6.07, 6.45) is 1.96. The molecule has 160 valence electrons. The van der Waals surface area contributed by atoms with Gasteiger partial charge in [-0.2, -0.15) is 13.2 Å². The number of pyridine rings is 1. The minimum atomic E-state index is -4.52. The molecule has 4 rings (SSSR count). The average molecular weight is 419 g/mol. The molecule has 1 saturated carbocycles. The molecule has 0 bridgehead atoms. The average Bonchev–Trinajstić information content (AvgIpc) is 3.15. The summed E-state index contributed by atoms with van der Waals surface area (Å²) in [4.78, 5) is 16.4. The zero-order valence-corrected chi connectivity index (χ0v) is 16.6. The van der Waals surface area contributed by atoms with E-state index in [1.54, 1.807) is 30.3 Å². The van der Waals surface area contributed by atoms with Crippen molar-refractivity contribution in [2.24, 2.45) is 5.41 Å². The van der Waals surface area contributed by atoms with Crippen molar-refractivity contribution >= 4 is 22.5 Å². The maximum absolute atomic E-state index is 13.3. The fourth-order valence-electron chi connectivity index (χ4n) is 4.07. The summed E-state index contributed by atoms with van der Waals surface area (Å²) in [5.41, 5.74) is -0.866. The monoisotopic (exact) mass is 419 g/mol. The van der Waals surface area contributed by atoms with Crippen LogP contribution in [0.2, 0.25) is 0 Å². The Labute approximate surface area is 172 Å². The Bertz CT molecular complexity index is 976. The lowest BCUT2D eigenvalue weighted by Gasteiger charge is -2.33. The summed E-state index contributed by atoms with van der Waals surface area (Å²) >= 11 is 0. The number of nitrogens with zero attached hydrogens (tertiary/aromatic N) is 1. The fourth-order valence-corrected chi connectivity index (χ4v) is 4.07. The van der Waals surface area contributed by atoms with Gasteiger partial charge in [0.1, 0.15) is 17.7 Å². The molecule has 2 aromatic rings. The van der Waals surface area contributed by atoms with Crippen LogP contribution < -0.4 is 10.6 Å². The first-order valence-electron chi connectivity index (χ1n) is 10.1. The van der Waals surface area contributed by atoms with Crippen LogP contribution in [0.15, 0.2) is 42.7 Å². The Hall–Kier alpha value is -2.77. The third-order valence-corrected chi connectivity index (χ3v) is 5.81. The molecule has 0 saturated heterocycles. The quantitative estimate of drug-likeness (QED) is 0.758. The van der Waals surface area contributed by atoms with Gasteiger partial charge >= 0.3 is 6.18 Å².